The second-order valence-electron chi connectivity index (χ2n) is 3.38. The van der Waals surface area contributed by atoms with Gasteiger partial charge in [0.25, 0.3) is 0 Å². The molecule has 4 heteroatoms. The number of nitrogens with two attached hydrogens (primary N) is 1. The highest BCUT2D eigenvalue weighted by Gasteiger charge is 2.25. The van der Waals surface area contributed by atoms with Crippen LogP contribution in [0.1, 0.15) is 12.8 Å². The maximum atomic E-state index is 13.1. The van der Waals surface area contributed by atoms with Gasteiger partial charge in [0.2, 0.25) is 0 Å². The predicted molar refractivity (Wildman–Crippen MR) is 50.4 cm³/mol. The second-order valence-corrected chi connectivity index (χ2v) is 3.38. The molecule has 1 fully saturated rings. The summed E-state index contributed by atoms with van der Waals surface area (Å²) in [6, 6.07) is 3.88. The lowest BCUT2D eigenvalue weighted by molar-refractivity contribution is 0.510. The summed E-state index contributed by atoms with van der Waals surface area (Å²) < 4.78 is 25.9. The quantitative estimate of drug-likeness (QED) is 0.572. The Morgan fingerprint density at radius 2 is 2.07 bits per heavy atom. The fourth-order valence-electron chi connectivity index (χ4n) is 1.19. The topological polar surface area (TPSA) is 38.4 Å². The second kappa shape index (κ2) is 3.36. The van der Waals surface area contributed by atoms with Gasteiger partial charge >= 0.3 is 0 Å². The van der Waals surface area contributed by atoms with Crippen molar-refractivity contribution in [1.29, 1.82) is 0 Å². The highest BCUT2D eigenvalue weighted by molar-refractivity contribution is 5.87. The SMILES string of the molecule is NC(=Nc1cccc(F)c1F)C1CC1. The minimum atomic E-state index is -0.934. The van der Waals surface area contributed by atoms with Gasteiger partial charge in [-0.05, 0) is 25.0 Å². The highest BCUT2D eigenvalue weighted by atomic mass is 19.2. The molecule has 0 unspecified atom stereocenters. The molecule has 0 heterocycles. The van der Waals surface area contributed by atoms with E-state index in [0.29, 0.717) is 5.84 Å². The van der Waals surface area contributed by atoms with Crippen LogP contribution in [0, 0.1) is 17.6 Å². The van der Waals surface area contributed by atoms with Crippen molar-refractivity contribution in [2.45, 2.75) is 12.8 Å². The Labute approximate surface area is 80.5 Å². The lowest BCUT2D eigenvalue weighted by Gasteiger charge is -2.00. The smallest absolute Gasteiger partial charge is 0.184 e. The van der Waals surface area contributed by atoms with Crippen molar-refractivity contribution in [3.8, 4) is 0 Å². The molecule has 0 spiro atoms. The zero-order valence-electron chi connectivity index (χ0n) is 7.50. The summed E-state index contributed by atoms with van der Waals surface area (Å²) in [4.78, 5) is 3.86. The van der Waals surface area contributed by atoms with Gasteiger partial charge in [0.15, 0.2) is 11.6 Å². The van der Waals surface area contributed by atoms with Crippen LogP contribution in [-0.2, 0) is 0 Å². The third kappa shape index (κ3) is 1.73. The van der Waals surface area contributed by atoms with E-state index < -0.39 is 11.6 Å². The van der Waals surface area contributed by atoms with E-state index in [1.165, 1.54) is 12.1 Å². The molecule has 0 saturated heterocycles. The van der Waals surface area contributed by atoms with E-state index in [-0.39, 0.29) is 11.6 Å². The van der Waals surface area contributed by atoms with E-state index in [9.17, 15) is 8.78 Å². The number of benzene rings is 1. The summed E-state index contributed by atoms with van der Waals surface area (Å²) in [6.07, 6.45) is 1.98. The van der Waals surface area contributed by atoms with Crippen molar-refractivity contribution in [3.05, 3.63) is 29.8 Å². The lowest BCUT2D eigenvalue weighted by atomic mass is 10.3. The average Bonchev–Trinajstić information content (AvgIpc) is 2.95. The maximum Gasteiger partial charge on any atom is 0.184 e. The van der Waals surface area contributed by atoms with Crippen LogP contribution >= 0.6 is 0 Å². The van der Waals surface area contributed by atoms with Crippen LogP contribution in [0.5, 0.6) is 0 Å². The number of halogens is 2. The molecular weight excluding hydrogens is 186 g/mol. The molecule has 74 valence electrons. The number of rotatable bonds is 2. The molecule has 0 amide bonds. The van der Waals surface area contributed by atoms with E-state index in [1.54, 1.807) is 0 Å². The fraction of sp³-hybridized carbons (Fsp3) is 0.300. The average molecular weight is 196 g/mol. The number of nitrogens with zero attached hydrogens (tertiary/aromatic N) is 1. The first kappa shape index (κ1) is 9.12. The predicted octanol–water partition coefficient (Wildman–Crippen LogP) is 2.36. The third-order valence-electron chi connectivity index (χ3n) is 2.18. The van der Waals surface area contributed by atoms with Gasteiger partial charge in [-0.2, -0.15) is 0 Å². The summed E-state index contributed by atoms with van der Waals surface area (Å²) >= 11 is 0. The molecule has 1 saturated carbocycles. The van der Waals surface area contributed by atoms with Crippen LogP contribution in [-0.4, -0.2) is 5.84 Å². The highest BCUT2D eigenvalue weighted by Crippen LogP contribution is 2.30. The summed E-state index contributed by atoms with van der Waals surface area (Å²) in [5, 5.41) is 0. The molecule has 0 aliphatic heterocycles. The molecule has 14 heavy (non-hydrogen) atoms. The lowest BCUT2D eigenvalue weighted by Crippen LogP contribution is -2.13. The first-order chi connectivity index (χ1) is 6.68. The molecule has 1 aliphatic carbocycles. The zero-order valence-corrected chi connectivity index (χ0v) is 7.50. The molecule has 1 aliphatic rings. The van der Waals surface area contributed by atoms with Crippen molar-refractivity contribution in [2.75, 3.05) is 0 Å². The first-order valence-electron chi connectivity index (χ1n) is 4.46. The van der Waals surface area contributed by atoms with Crippen LogP contribution in [0.25, 0.3) is 0 Å². The van der Waals surface area contributed by atoms with Gasteiger partial charge in [-0.25, -0.2) is 13.8 Å². The molecule has 2 rings (SSSR count). The van der Waals surface area contributed by atoms with Gasteiger partial charge in [0, 0.05) is 5.92 Å². The Morgan fingerprint density at radius 1 is 1.36 bits per heavy atom. The van der Waals surface area contributed by atoms with Crippen molar-refractivity contribution in [2.24, 2.45) is 16.6 Å². The van der Waals surface area contributed by atoms with Gasteiger partial charge in [0.05, 0.1) is 0 Å². The van der Waals surface area contributed by atoms with Gasteiger partial charge in [-0.15, -0.1) is 0 Å². The number of hydrogen-bond donors (Lipinski definition) is 1. The van der Waals surface area contributed by atoms with Gasteiger partial charge in [-0.1, -0.05) is 6.07 Å². The largest absolute Gasteiger partial charge is 0.387 e. The number of hydrogen-bond acceptors (Lipinski definition) is 1. The minimum absolute atomic E-state index is 0.0191. The van der Waals surface area contributed by atoms with Crippen LogP contribution in [0.15, 0.2) is 23.2 Å². The van der Waals surface area contributed by atoms with Gasteiger partial charge < -0.3 is 5.73 Å². The van der Waals surface area contributed by atoms with Gasteiger partial charge in [0.1, 0.15) is 11.5 Å². The number of amidine groups is 1. The summed E-state index contributed by atoms with van der Waals surface area (Å²) in [6.45, 7) is 0. The molecular formula is C10H10F2N2. The maximum absolute atomic E-state index is 13.1. The summed E-state index contributed by atoms with van der Waals surface area (Å²) in [5.41, 5.74) is 5.57. The van der Waals surface area contributed by atoms with E-state index in [0.717, 1.165) is 18.9 Å². The van der Waals surface area contributed by atoms with E-state index in [4.69, 9.17) is 5.73 Å². The Morgan fingerprint density at radius 3 is 2.71 bits per heavy atom. The molecule has 0 aromatic heterocycles. The molecule has 2 N–H and O–H groups in total. The Balaban J connectivity index is 2.31. The van der Waals surface area contributed by atoms with Gasteiger partial charge in [-0.3, -0.25) is 0 Å². The molecule has 1 aromatic rings. The standard InChI is InChI=1S/C10H10F2N2/c11-7-2-1-3-8(9(7)12)14-10(13)6-4-5-6/h1-3,6H,4-5H2,(H2,13,14). The van der Waals surface area contributed by atoms with Crippen molar-refractivity contribution in [1.82, 2.24) is 0 Å². The van der Waals surface area contributed by atoms with E-state index >= 15 is 0 Å². The molecule has 0 radical (unpaired) electrons. The summed E-state index contributed by atoms with van der Waals surface area (Å²) in [5.74, 6) is -1.17. The van der Waals surface area contributed by atoms with E-state index in [1.807, 2.05) is 0 Å². The Kier molecular flexibility index (Phi) is 2.19. The van der Waals surface area contributed by atoms with Crippen molar-refractivity contribution >= 4 is 11.5 Å². The molecule has 0 bridgehead atoms. The molecule has 1 aromatic carbocycles. The normalized spacial score (nSPS) is 17.1. The van der Waals surface area contributed by atoms with E-state index in [2.05, 4.69) is 4.99 Å². The zero-order chi connectivity index (χ0) is 10.1. The molecule has 0 atom stereocenters. The molecule has 2 nitrogen and oxygen atoms in total. The van der Waals surface area contributed by atoms with Crippen LogP contribution in [0.2, 0.25) is 0 Å². The fourth-order valence-corrected chi connectivity index (χ4v) is 1.19. The Hall–Kier alpha value is -1.45. The third-order valence-corrected chi connectivity index (χ3v) is 2.18. The summed E-state index contributed by atoms with van der Waals surface area (Å²) in [7, 11) is 0. The number of aliphatic imine (C=N–C) groups is 1. The van der Waals surface area contributed by atoms with Crippen LogP contribution < -0.4 is 5.73 Å². The Bertz CT molecular complexity index is 384. The van der Waals surface area contributed by atoms with Crippen LogP contribution in [0.4, 0.5) is 14.5 Å². The minimum Gasteiger partial charge on any atom is -0.387 e. The monoisotopic (exact) mass is 196 g/mol. The van der Waals surface area contributed by atoms with Crippen LogP contribution in [0.3, 0.4) is 0 Å². The first-order valence-corrected chi connectivity index (χ1v) is 4.46. The van der Waals surface area contributed by atoms with Crippen molar-refractivity contribution in [3.63, 3.8) is 0 Å². The van der Waals surface area contributed by atoms with Crippen molar-refractivity contribution < 1.29 is 8.78 Å².